The topological polar surface area (TPSA) is 105 Å². The van der Waals surface area contributed by atoms with Crippen LogP contribution in [0.1, 0.15) is 39.2 Å². The Morgan fingerprint density at radius 3 is 2.14 bits per heavy atom. The van der Waals surface area contributed by atoms with Gasteiger partial charge in [-0.15, -0.1) is 0 Å². The second-order valence-electron chi connectivity index (χ2n) is 9.72. The second kappa shape index (κ2) is 14.9. The van der Waals surface area contributed by atoms with Crippen molar-refractivity contribution in [1.29, 1.82) is 0 Å². The SMILES string of the molecule is CC[C@@H](C)NC(=O)[C@H](CC)N(Cc1ccccc1Cl)C(=O)CN(c1ccc(OC)c(OC)c1)S(=O)(=O)c1ccccc1. The highest BCUT2D eigenvalue weighted by Gasteiger charge is 2.34. The molecular formula is C31H38ClN3O6S. The molecule has 0 fully saturated rings. The number of carbonyl (C=O) groups is 2. The Bertz CT molecular complexity index is 1470. The number of halogens is 1. The lowest BCUT2D eigenvalue weighted by Gasteiger charge is -2.34. The van der Waals surface area contributed by atoms with Crippen molar-refractivity contribution in [2.75, 3.05) is 25.1 Å². The maximum Gasteiger partial charge on any atom is 0.264 e. The molecule has 0 aliphatic carbocycles. The monoisotopic (exact) mass is 615 g/mol. The molecule has 0 aromatic heterocycles. The zero-order valence-corrected chi connectivity index (χ0v) is 26.1. The van der Waals surface area contributed by atoms with Gasteiger partial charge in [0.15, 0.2) is 11.5 Å². The third kappa shape index (κ3) is 7.74. The van der Waals surface area contributed by atoms with E-state index in [-0.39, 0.29) is 29.1 Å². The summed E-state index contributed by atoms with van der Waals surface area (Å²) < 4.78 is 39.8. The predicted molar refractivity (Wildman–Crippen MR) is 164 cm³/mol. The molecule has 0 spiro atoms. The fourth-order valence-corrected chi connectivity index (χ4v) is 6.02. The number of amides is 2. The maximum absolute atomic E-state index is 14.2. The molecule has 0 unspecified atom stereocenters. The van der Waals surface area contributed by atoms with Gasteiger partial charge in [-0.05, 0) is 55.7 Å². The van der Waals surface area contributed by atoms with Crippen LogP contribution in [0.4, 0.5) is 5.69 Å². The van der Waals surface area contributed by atoms with Gasteiger partial charge in [0.25, 0.3) is 10.0 Å². The number of nitrogens with one attached hydrogen (secondary N) is 1. The van der Waals surface area contributed by atoms with Crippen molar-refractivity contribution in [1.82, 2.24) is 10.2 Å². The van der Waals surface area contributed by atoms with E-state index in [1.165, 1.54) is 37.3 Å². The van der Waals surface area contributed by atoms with Crippen molar-refractivity contribution in [3.05, 3.63) is 83.4 Å². The molecule has 226 valence electrons. The molecule has 1 N–H and O–H groups in total. The Balaban J connectivity index is 2.11. The number of carbonyl (C=O) groups excluding carboxylic acids is 2. The van der Waals surface area contributed by atoms with Crippen molar-refractivity contribution in [3.8, 4) is 11.5 Å². The zero-order chi connectivity index (χ0) is 30.9. The van der Waals surface area contributed by atoms with E-state index < -0.39 is 28.5 Å². The number of methoxy groups -OCH3 is 2. The second-order valence-corrected chi connectivity index (χ2v) is 12.0. The molecule has 42 heavy (non-hydrogen) atoms. The molecule has 0 aliphatic rings. The summed E-state index contributed by atoms with van der Waals surface area (Å²) in [6.45, 7) is 5.07. The molecule has 3 aromatic carbocycles. The van der Waals surface area contributed by atoms with Crippen molar-refractivity contribution >= 4 is 39.1 Å². The Hall–Kier alpha value is -3.76. The fraction of sp³-hybridized carbons (Fsp3) is 0.355. The highest BCUT2D eigenvalue weighted by atomic mass is 35.5. The van der Waals surface area contributed by atoms with Gasteiger partial charge in [0.05, 0.1) is 24.8 Å². The zero-order valence-electron chi connectivity index (χ0n) is 24.5. The quantitative estimate of drug-likeness (QED) is 0.265. The first-order valence-electron chi connectivity index (χ1n) is 13.7. The first-order chi connectivity index (χ1) is 20.1. The number of benzene rings is 3. The van der Waals surface area contributed by atoms with E-state index in [2.05, 4.69) is 5.32 Å². The fourth-order valence-electron chi connectivity index (χ4n) is 4.40. The summed E-state index contributed by atoms with van der Waals surface area (Å²) in [6, 6.07) is 18.5. The first kappa shape index (κ1) is 32.8. The van der Waals surface area contributed by atoms with Crippen LogP contribution in [0.3, 0.4) is 0 Å². The van der Waals surface area contributed by atoms with E-state index in [1.54, 1.807) is 61.5 Å². The molecular weight excluding hydrogens is 578 g/mol. The van der Waals surface area contributed by atoms with E-state index in [0.29, 0.717) is 34.9 Å². The Labute approximate surface area is 253 Å². The van der Waals surface area contributed by atoms with Crippen LogP contribution in [0.2, 0.25) is 5.02 Å². The van der Waals surface area contributed by atoms with Gasteiger partial charge in [-0.2, -0.15) is 0 Å². The van der Waals surface area contributed by atoms with E-state index in [4.69, 9.17) is 21.1 Å². The van der Waals surface area contributed by atoms with E-state index in [9.17, 15) is 18.0 Å². The molecule has 0 saturated heterocycles. The van der Waals surface area contributed by atoms with E-state index >= 15 is 0 Å². The molecule has 2 atom stereocenters. The van der Waals surface area contributed by atoms with Gasteiger partial charge in [-0.1, -0.05) is 61.8 Å². The van der Waals surface area contributed by atoms with Gasteiger partial charge < -0.3 is 19.7 Å². The minimum Gasteiger partial charge on any atom is -0.493 e. The van der Waals surface area contributed by atoms with E-state index in [0.717, 1.165) is 4.31 Å². The molecule has 0 radical (unpaired) electrons. The Kier molecular flexibility index (Phi) is 11.6. The maximum atomic E-state index is 14.2. The summed E-state index contributed by atoms with van der Waals surface area (Å²) in [5, 5.41) is 3.39. The smallest absolute Gasteiger partial charge is 0.264 e. The Morgan fingerprint density at radius 1 is 0.905 bits per heavy atom. The lowest BCUT2D eigenvalue weighted by Crippen LogP contribution is -2.53. The van der Waals surface area contributed by atoms with Crippen molar-refractivity contribution in [2.45, 2.75) is 57.1 Å². The average Bonchev–Trinajstić information content (AvgIpc) is 3.00. The first-order valence-corrected chi connectivity index (χ1v) is 15.5. The van der Waals surface area contributed by atoms with Gasteiger partial charge in [0.1, 0.15) is 12.6 Å². The molecule has 3 aromatic rings. The lowest BCUT2D eigenvalue weighted by molar-refractivity contribution is -0.140. The predicted octanol–water partition coefficient (Wildman–Crippen LogP) is 5.27. The summed E-state index contributed by atoms with van der Waals surface area (Å²) in [5.74, 6) is -0.202. The van der Waals surface area contributed by atoms with Crippen LogP contribution in [0, 0.1) is 0 Å². The molecule has 0 aliphatic heterocycles. The molecule has 11 heteroatoms. The van der Waals surface area contributed by atoms with Crippen LogP contribution < -0.4 is 19.1 Å². The summed E-state index contributed by atoms with van der Waals surface area (Å²) in [4.78, 5) is 29.0. The molecule has 9 nitrogen and oxygen atoms in total. The molecule has 0 bridgehead atoms. The average molecular weight is 616 g/mol. The number of rotatable bonds is 14. The summed E-state index contributed by atoms with van der Waals surface area (Å²) in [7, 11) is -1.31. The van der Waals surface area contributed by atoms with Gasteiger partial charge in [0, 0.05) is 23.7 Å². The number of sulfonamides is 1. The van der Waals surface area contributed by atoms with Crippen LogP contribution in [-0.2, 0) is 26.2 Å². The van der Waals surface area contributed by atoms with Crippen molar-refractivity contribution < 1.29 is 27.5 Å². The van der Waals surface area contributed by atoms with Gasteiger partial charge >= 0.3 is 0 Å². The number of hydrogen-bond acceptors (Lipinski definition) is 6. The third-order valence-corrected chi connectivity index (χ3v) is 9.11. The Morgan fingerprint density at radius 2 is 1.55 bits per heavy atom. The number of hydrogen-bond donors (Lipinski definition) is 1. The van der Waals surface area contributed by atoms with Gasteiger partial charge in [-0.3, -0.25) is 13.9 Å². The highest BCUT2D eigenvalue weighted by Crippen LogP contribution is 2.34. The minimum atomic E-state index is -4.22. The van der Waals surface area contributed by atoms with Crippen LogP contribution in [0.25, 0.3) is 0 Å². The minimum absolute atomic E-state index is 0.00629. The standard InChI is InChI=1S/C31H38ClN3O6S/c1-6-22(3)33-31(37)27(7-2)34(20-23-13-11-12-16-26(23)32)30(36)21-35(42(38,39)25-14-9-8-10-15-25)24-17-18-28(40-4)29(19-24)41-5/h8-19,22,27H,6-7,20-21H2,1-5H3,(H,33,37)/t22-,27+/m1/s1. The number of anilines is 1. The summed E-state index contributed by atoms with van der Waals surface area (Å²) in [6.07, 6.45) is 1.02. The number of nitrogens with zero attached hydrogens (tertiary/aromatic N) is 2. The van der Waals surface area contributed by atoms with Gasteiger partial charge in [-0.25, -0.2) is 8.42 Å². The highest BCUT2D eigenvalue weighted by molar-refractivity contribution is 7.92. The molecule has 2 amide bonds. The van der Waals surface area contributed by atoms with Gasteiger partial charge in [0.2, 0.25) is 11.8 Å². The van der Waals surface area contributed by atoms with E-state index in [1.807, 2.05) is 13.8 Å². The van der Waals surface area contributed by atoms with Crippen molar-refractivity contribution in [3.63, 3.8) is 0 Å². The van der Waals surface area contributed by atoms with Crippen molar-refractivity contribution in [2.24, 2.45) is 0 Å². The number of ether oxygens (including phenoxy) is 2. The van der Waals surface area contributed by atoms with Crippen LogP contribution in [0.5, 0.6) is 11.5 Å². The lowest BCUT2D eigenvalue weighted by atomic mass is 10.1. The summed E-state index contributed by atoms with van der Waals surface area (Å²) in [5.41, 5.74) is 0.825. The molecule has 0 saturated carbocycles. The van der Waals surface area contributed by atoms with Crippen LogP contribution >= 0.6 is 11.6 Å². The largest absolute Gasteiger partial charge is 0.493 e. The van der Waals surface area contributed by atoms with Crippen LogP contribution in [-0.4, -0.2) is 58.0 Å². The molecule has 3 rings (SSSR count). The third-order valence-electron chi connectivity index (χ3n) is 6.95. The van der Waals surface area contributed by atoms with Crippen LogP contribution in [0.15, 0.2) is 77.7 Å². The summed E-state index contributed by atoms with van der Waals surface area (Å²) >= 11 is 6.45. The molecule has 0 heterocycles. The normalized spacial score (nSPS) is 12.6.